The molecule has 1 aliphatic heterocycles. The Labute approximate surface area is 182 Å². The van der Waals surface area contributed by atoms with Crippen molar-refractivity contribution in [2.24, 2.45) is 0 Å². The third-order valence-corrected chi connectivity index (χ3v) is 5.14. The number of carbonyl (C=O) groups excluding carboxylic acids is 3. The number of carbonyl (C=O) groups is 4. The van der Waals surface area contributed by atoms with Crippen molar-refractivity contribution >= 4 is 46.9 Å². The summed E-state index contributed by atoms with van der Waals surface area (Å²) in [6.45, 7) is -0.222. The Bertz CT molecular complexity index is 902. The van der Waals surface area contributed by atoms with Crippen LogP contribution in [-0.4, -0.2) is 70.4 Å². The molecule has 1 aliphatic rings. The molecule has 2 rings (SSSR count). The van der Waals surface area contributed by atoms with E-state index >= 15 is 0 Å². The van der Waals surface area contributed by atoms with E-state index in [-0.39, 0.29) is 38.0 Å². The molecule has 0 atom stereocenters. The average molecular weight is 458 g/mol. The van der Waals surface area contributed by atoms with Gasteiger partial charge >= 0.3 is 5.97 Å². The van der Waals surface area contributed by atoms with E-state index in [1.807, 2.05) is 0 Å². The summed E-state index contributed by atoms with van der Waals surface area (Å²) in [6, 6.07) is 4.96. The van der Waals surface area contributed by atoms with Crippen LogP contribution in [0.3, 0.4) is 0 Å². The molecule has 0 saturated heterocycles. The number of nitrogens with zero attached hydrogens (tertiary/aromatic N) is 2. The van der Waals surface area contributed by atoms with Gasteiger partial charge in [0.15, 0.2) is 5.76 Å². The second kappa shape index (κ2) is 10.3. The molecule has 0 bridgehead atoms. The van der Waals surface area contributed by atoms with Crippen LogP contribution in [0.4, 0.5) is 0 Å². The molecule has 3 N–H and O–H groups in total. The number of benzene rings is 1. The molecular formula is C19H21Cl2N3O6. The van der Waals surface area contributed by atoms with Gasteiger partial charge in [0, 0.05) is 26.6 Å². The van der Waals surface area contributed by atoms with E-state index in [1.165, 1.54) is 16.8 Å². The molecule has 1 aromatic carbocycles. The highest BCUT2D eigenvalue weighted by Crippen LogP contribution is 2.24. The molecule has 0 aliphatic carbocycles. The number of aliphatic hydroxyl groups is 1. The van der Waals surface area contributed by atoms with Crippen molar-refractivity contribution in [2.45, 2.75) is 19.4 Å². The van der Waals surface area contributed by atoms with Crippen molar-refractivity contribution in [2.75, 3.05) is 26.7 Å². The van der Waals surface area contributed by atoms with Gasteiger partial charge in [-0.1, -0.05) is 29.3 Å². The Morgan fingerprint density at radius 3 is 2.57 bits per heavy atom. The summed E-state index contributed by atoms with van der Waals surface area (Å²) in [5, 5.41) is 21.6. The highest BCUT2D eigenvalue weighted by Gasteiger charge is 2.34. The van der Waals surface area contributed by atoms with Gasteiger partial charge in [0.25, 0.3) is 11.8 Å². The van der Waals surface area contributed by atoms with Crippen molar-refractivity contribution in [3.8, 4) is 0 Å². The number of aliphatic hydroxyl groups excluding tert-OH is 1. The number of nitrogens with one attached hydrogen (secondary N) is 1. The lowest BCUT2D eigenvalue weighted by Gasteiger charge is -2.19. The lowest BCUT2D eigenvalue weighted by molar-refractivity contribution is -0.138. The molecule has 9 nitrogen and oxygen atoms in total. The zero-order valence-electron chi connectivity index (χ0n) is 16.2. The molecule has 30 heavy (non-hydrogen) atoms. The van der Waals surface area contributed by atoms with Crippen LogP contribution >= 0.6 is 23.2 Å². The summed E-state index contributed by atoms with van der Waals surface area (Å²) in [5.41, 5.74) is 0.701. The minimum absolute atomic E-state index is 0.0122. The van der Waals surface area contributed by atoms with Crippen LogP contribution in [0.5, 0.6) is 0 Å². The summed E-state index contributed by atoms with van der Waals surface area (Å²) in [4.78, 5) is 49.5. The first kappa shape index (κ1) is 23.5. The van der Waals surface area contributed by atoms with E-state index in [0.717, 1.165) is 5.56 Å². The fraction of sp³-hybridized carbons (Fsp3) is 0.368. The Kier molecular flexibility index (Phi) is 8.08. The second-order valence-electron chi connectivity index (χ2n) is 6.74. The lowest BCUT2D eigenvalue weighted by atomic mass is 10.2. The first-order valence-corrected chi connectivity index (χ1v) is 9.75. The van der Waals surface area contributed by atoms with E-state index in [9.17, 15) is 24.3 Å². The first-order valence-electron chi connectivity index (χ1n) is 8.99. The zero-order chi connectivity index (χ0) is 22.4. The smallest absolute Gasteiger partial charge is 0.322 e. The van der Waals surface area contributed by atoms with E-state index in [1.54, 1.807) is 18.2 Å². The SMILES string of the molecule is CN(Cc1ccc(Cl)c(Cl)c1)C(=O)C1=C(O)C(=O)N(CCCC(=O)NCC(=O)O)C1. The van der Waals surface area contributed by atoms with Gasteiger partial charge in [-0.15, -0.1) is 0 Å². The number of halogens is 2. The molecule has 1 aromatic rings. The van der Waals surface area contributed by atoms with Crippen molar-refractivity contribution in [3.05, 3.63) is 45.1 Å². The van der Waals surface area contributed by atoms with E-state index in [4.69, 9.17) is 28.3 Å². The summed E-state index contributed by atoms with van der Waals surface area (Å²) in [7, 11) is 1.53. The highest BCUT2D eigenvalue weighted by molar-refractivity contribution is 6.42. The summed E-state index contributed by atoms with van der Waals surface area (Å²) in [6.07, 6.45) is 0.267. The van der Waals surface area contributed by atoms with Crippen LogP contribution in [0, 0.1) is 0 Å². The van der Waals surface area contributed by atoms with Crippen molar-refractivity contribution < 1.29 is 29.4 Å². The van der Waals surface area contributed by atoms with Gasteiger partial charge in [-0.3, -0.25) is 19.2 Å². The lowest BCUT2D eigenvalue weighted by Crippen LogP contribution is -2.33. The number of likely N-dealkylation sites (N-methyl/N-ethyl adjacent to an activating group) is 1. The molecule has 0 aromatic heterocycles. The number of carboxylic acids is 1. The van der Waals surface area contributed by atoms with Gasteiger partial charge in [0.1, 0.15) is 6.54 Å². The Hall–Kier alpha value is -2.78. The molecule has 3 amide bonds. The second-order valence-corrected chi connectivity index (χ2v) is 7.55. The highest BCUT2D eigenvalue weighted by atomic mass is 35.5. The Morgan fingerprint density at radius 2 is 1.93 bits per heavy atom. The molecule has 11 heteroatoms. The quantitative estimate of drug-likeness (QED) is 0.516. The van der Waals surface area contributed by atoms with Crippen LogP contribution in [0.25, 0.3) is 0 Å². The number of rotatable bonds is 9. The van der Waals surface area contributed by atoms with Gasteiger partial charge < -0.3 is 25.3 Å². The van der Waals surface area contributed by atoms with E-state index in [0.29, 0.717) is 10.0 Å². The van der Waals surface area contributed by atoms with Crippen molar-refractivity contribution in [3.63, 3.8) is 0 Å². The molecule has 1 heterocycles. The van der Waals surface area contributed by atoms with Crippen LogP contribution in [-0.2, 0) is 25.7 Å². The molecular weight excluding hydrogens is 437 g/mol. The van der Waals surface area contributed by atoms with E-state index < -0.39 is 36.0 Å². The minimum Gasteiger partial charge on any atom is -0.503 e. The average Bonchev–Trinajstić information content (AvgIpc) is 2.97. The normalized spacial score (nSPS) is 13.6. The fourth-order valence-corrected chi connectivity index (χ4v) is 3.19. The number of carboxylic acid groups (broad SMARTS) is 1. The number of amides is 3. The monoisotopic (exact) mass is 457 g/mol. The maximum Gasteiger partial charge on any atom is 0.322 e. The molecule has 0 unspecified atom stereocenters. The van der Waals surface area contributed by atoms with Gasteiger partial charge in [-0.05, 0) is 24.1 Å². The minimum atomic E-state index is -1.15. The third kappa shape index (κ3) is 6.11. The molecule has 0 saturated carbocycles. The first-order chi connectivity index (χ1) is 14.1. The molecule has 0 spiro atoms. The van der Waals surface area contributed by atoms with Crippen molar-refractivity contribution in [1.29, 1.82) is 0 Å². The van der Waals surface area contributed by atoms with Crippen LogP contribution < -0.4 is 5.32 Å². The third-order valence-electron chi connectivity index (χ3n) is 4.40. The molecule has 0 fully saturated rings. The van der Waals surface area contributed by atoms with E-state index in [2.05, 4.69) is 5.32 Å². The van der Waals surface area contributed by atoms with Gasteiger partial charge in [0.05, 0.1) is 22.2 Å². The predicted octanol–water partition coefficient (Wildman–Crippen LogP) is 1.59. The molecule has 0 radical (unpaired) electrons. The largest absolute Gasteiger partial charge is 0.503 e. The maximum atomic E-state index is 12.7. The topological polar surface area (TPSA) is 127 Å². The maximum absolute atomic E-state index is 12.7. The number of hydrogen-bond donors (Lipinski definition) is 3. The summed E-state index contributed by atoms with van der Waals surface area (Å²) < 4.78 is 0. The van der Waals surface area contributed by atoms with Crippen molar-refractivity contribution in [1.82, 2.24) is 15.1 Å². The van der Waals surface area contributed by atoms with Crippen LogP contribution in [0.15, 0.2) is 29.5 Å². The number of hydrogen-bond acceptors (Lipinski definition) is 5. The van der Waals surface area contributed by atoms with Gasteiger partial charge in [-0.25, -0.2) is 0 Å². The Morgan fingerprint density at radius 1 is 1.23 bits per heavy atom. The van der Waals surface area contributed by atoms with Gasteiger partial charge in [-0.2, -0.15) is 0 Å². The molecule has 162 valence electrons. The predicted molar refractivity (Wildman–Crippen MR) is 109 cm³/mol. The standard InChI is InChI=1S/C19H21Cl2N3O6/c1-23(9-11-4-5-13(20)14(21)7-11)18(29)12-10-24(19(30)17(12)28)6-2-3-15(25)22-8-16(26)27/h4-5,7,28H,2-3,6,8-10H2,1H3,(H,22,25)(H,26,27). The number of aliphatic carboxylic acids is 1. The summed E-state index contributed by atoms with van der Waals surface area (Å²) in [5.74, 6) is -3.42. The van der Waals surface area contributed by atoms with Crippen LogP contribution in [0.2, 0.25) is 10.0 Å². The fourth-order valence-electron chi connectivity index (χ4n) is 2.87. The summed E-state index contributed by atoms with van der Waals surface area (Å²) >= 11 is 11.9. The zero-order valence-corrected chi connectivity index (χ0v) is 17.7. The van der Waals surface area contributed by atoms with Gasteiger partial charge in [0.2, 0.25) is 5.91 Å². The Balaban J connectivity index is 1.90. The van der Waals surface area contributed by atoms with Crippen LogP contribution in [0.1, 0.15) is 18.4 Å².